The number of alkyl halides is 3. The number of benzene rings is 2. The highest BCUT2D eigenvalue weighted by molar-refractivity contribution is 6.34. The standard InChI is InChI=1S/C17H10ClF3N2O/c18-14-3-1-2-4-15(14)23-16(24)12(10-22)9-11-5-7-13(8-6-11)17(19,20)21/h1-9H,(H,23,24)/b12-9+. The van der Waals surface area contributed by atoms with E-state index in [0.717, 1.165) is 12.1 Å². The van der Waals surface area contributed by atoms with E-state index in [1.165, 1.54) is 18.2 Å². The minimum Gasteiger partial charge on any atom is -0.320 e. The minimum absolute atomic E-state index is 0.255. The summed E-state index contributed by atoms with van der Waals surface area (Å²) in [6, 6.07) is 12.3. The van der Waals surface area contributed by atoms with Crippen LogP contribution in [0, 0.1) is 11.3 Å². The minimum atomic E-state index is -4.44. The molecule has 0 aliphatic heterocycles. The Morgan fingerprint density at radius 2 is 1.75 bits per heavy atom. The topological polar surface area (TPSA) is 52.9 Å². The Morgan fingerprint density at radius 3 is 2.29 bits per heavy atom. The summed E-state index contributed by atoms with van der Waals surface area (Å²) < 4.78 is 37.5. The molecule has 122 valence electrons. The van der Waals surface area contributed by atoms with E-state index in [2.05, 4.69) is 5.32 Å². The number of hydrogen-bond donors (Lipinski definition) is 1. The Kier molecular flexibility index (Phi) is 5.27. The Labute approximate surface area is 141 Å². The van der Waals surface area contributed by atoms with Gasteiger partial charge in [0.2, 0.25) is 0 Å². The van der Waals surface area contributed by atoms with E-state index in [1.807, 2.05) is 0 Å². The van der Waals surface area contributed by atoms with Gasteiger partial charge >= 0.3 is 6.18 Å². The van der Waals surface area contributed by atoms with Crippen molar-refractivity contribution in [1.82, 2.24) is 0 Å². The van der Waals surface area contributed by atoms with Crippen molar-refractivity contribution in [2.75, 3.05) is 5.32 Å². The van der Waals surface area contributed by atoms with Gasteiger partial charge in [-0.05, 0) is 35.9 Å². The van der Waals surface area contributed by atoms with Gasteiger partial charge in [-0.15, -0.1) is 0 Å². The summed E-state index contributed by atoms with van der Waals surface area (Å²) in [5.41, 5.74) is -0.431. The molecule has 7 heteroatoms. The molecule has 0 saturated heterocycles. The second kappa shape index (κ2) is 7.20. The number of anilines is 1. The Hall–Kier alpha value is -2.78. The smallest absolute Gasteiger partial charge is 0.320 e. The molecule has 0 spiro atoms. The number of carbonyl (C=O) groups excluding carboxylic acids is 1. The van der Waals surface area contributed by atoms with Crippen LogP contribution in [0.3, 0.4) is 0 Å². The predicted octanol–water partition coefficient (Wildman–Crippen LogP) is 4.90. The third-order valence-corrected chi connectivity index (χ3v) is 3.37. The molecule has 0 heterocycles. The first-order valence-electron chi connectivity index (χ1n) is 6.66. The van der Waals surface area contributed by atoms with E-state index >= 15 is 0 Å². The number of nitrogens with zero attached hydrogens (tertiary/aromatic N) is 1. The van der Waals surface area contributed by atoms with Gasteiger partial charge in [0.1, 0.15) is 11.6 Å². The van der Waals surface area contributed by atoms with Gasteiger partial charge in [0.15, 0.2) is 0 Å². The second-order valence-corrected chi connectivity index (χ2v) is 5.13. The van der Waals surface area contributed by atoms with Gasteiger partial charge in [0.05, 0.1) is 16.3 Å². The van der Waals surface area contributed by atoms with Gasteiger partial charge in [-0.3, -0.25) is 4.79 Å². The number of nitriles is 1. The van der Waals surface area contributed by atoms with Crippen molar-refractivity contribution in [1.29, 1.82) is 5.26 Å². The van der Waals surface area contributed by atoms with Crippen molar-refractivity contribution in [2.24, 2.45) is 0 Å². The summed E-state index contributed by atoms with van der Waals surface area (Å²) in [7, 11) is 0. The van der Waals surface area contributed by atoms with E-state index in [0.29, 0.717) is 16.3 Å². The van der Waals surface area contributed by atoms with E-state index in [9.17, 15) is 18.0 Å². The largest absolute Gasteiger partial charge is 0.416 e. The Morgan fingerprint density at radius 1 is 1.12 bits per heavy atom. The molecule has 3 nitrogen and oxygen atoms in total. The summed E-state index contributed by atoms with van der Waals surface area (Å²) in [6.45, 7) is 0. The highest BCUT2D eigenvalue weighted by Gasteiger charge is 2.29. The maximum Gasteiger partial charge on any atom is 0.416 e. The molecule has 2 aromatic rings. The maximum atomic E-state index is 12.5. The molecule has 2 rings (SSSR count). The number of halogens is 4. The lowest BCUT2D eigenvalue weighted by molar-refractivity contribution is -0.137. The van der Waals surface area contributed by atoms with E-state index in [1.54, 1.807) is 30.3 Å². The molecule has 1 N–H and O–H groups in total. The highest BCUT2D eigenvalue weighted by Crippen LogP contribution is 2.29. The molecular formula is C17H10ClF3N2O. The molecule has 0 bridgehead atoms. The number of nitrogens with one attached hydrogen (secondary N) is 1. The fourth-order valence-corrected chi connectivity index (χ4v) is 2.02. The van der Waals surface area contributed by atoms with E-state index in [-0.39, 0.29) is 5.57 Å². The third-order valence-electron chi connectivity index (χ3n) is 3.04. The predicted molar refractivity (Wildman–Crippen MR) is 85.1 cm³/mol. The summed E-state index contributed by atoms with van der Waals surface area (Å²) in [5, 5.41) is 11.9. The average Bonchev–Trinajstić information content (AvgIpc) is 2.54. The van der Waals surface area contributed by atoms with Gasteiger partial charge < -0.3 is 5.32 Å². The SMILES string of the molecule is N#C/C(=C\c1ccc(C(F)(F)F)cc1)C(=O)Nc1ccccc1Cl. The summed E-state index contributed by atoms with van der Waals surface area (Å²) in [6.07, 6.45) is -3.24. The number of amides is 1. The van der Waals surface area contributed by atoms with Crippen molar-refractivity contribution in [2.45, 2.75) is 6.18 Å². The van der Waals surface area contributed by atoms with Crippen molar-refractivity contribution in [3.63, 3.8) is 0 Å². The van der Waals surface area contributed by atoms with Crippen LogP contribution >= 0.6 is 11.6 Å². The van der Waals surface area contributed by atoms with Crippen LogP contribution in [0.25, 0.3) is 6.08 Å². The number of para-hydroxylation sites is 1. The molecule has 0 aromatic heterocycles. The van der Waals surface area contributed by atoms with Crippen LogP contribution in [0.15, 0.2) is 54.1 Å². The molecule has 0 radical (unpaired) electrons. The van der Waals surface area contributed by atoms with Crippen LogP contribution in [0.4, 0.5) is 18.9 Å². The number of carbonyl (C=O) groups is 1. The molecule has 0 aliphatic rings. The first kappa shape index (κ1) is 17.6. The van der Waals surface area contributed by atoms with Gasteiger partial charge in [0.25, 0.3) is 5.91 Å². The molecule has 0 saturated carbocycles. The zero-order valence-corrected chi connectivity index (χ0v) is 12.8. The lowest BCUT2D eigenvalue weighted by Crippen LogP contribution is -2.13. The molecule has 0 unspecified atom stereocenters. The van der Waals surface area contributed by atoms with Crippen LogP contribution in [-0.4, -0.2) is 5.91 Å². The van der Waals surface area contributed by atoms with Crippen LogP contribution in [0.5, 0.6) is 0 Å². The maximum absolute atomic E-state index is 12.5. The first-order chi connectivity index (χ1) is 11.3. The molecule has 1 amide bonds. The van der Waals surface area contributed by atoms with Crippen LogP contribution in [0.2, 0.25) is 5.02 Å². The monoisotopic (exact) mass is 350 g/mol. The fourth-order valence-electron chi connectivity index (χ4n) is 1.84. The van der Waals surface area contributed by atoms with Crippen LogP contribution in [0.1, 0.15) is 11.1 Å². The molecule has 0 aliphatic carbocycles. The van der Waals surface area contributed by atoms with E-state index in [4.69, 9.17) is 16.9 Å². The zero-order valence-electron chi connectivity index (χ0n) is 12.1. The lowest BCUT2D eigenvalue weighted by atomic mass is 10.1. The third kappa shape index (κ3) is 4.37. The van der Waals surface area contributed by atoms with Gasteiger partial charge in [-0.2, -0.15) is 18.4 Å². The van der Waals surface area contributed by atoms with Crippen LogP contribution < -0.4 is 5.32 Å². The Balaban J connectivity index is 2.21. The molecule has 0 fully saturated rings. The van der Waals surface area contributed by atoms with Gasteiger partial charge in [-0.25, -0.2) is 0 Å². The number of hydrogen-bond acceptors (Lipinski definition) is 2. The Bertz CT molecular complexity index is 821. The summed E-state index contributed by atoms with van der Waals surface area (Å²) in [4.78, 5) is 12.1. The van der Waals surface area contributed by atoms with Crippen molar-refractivity contribution in [3.05, 3.63) is 70.3 Å². The molecule has 0 atom stereocenters. The van der Waals surface area contributed by atoms with Crippen molar-refractivity contribution >= 4 is 29.3 Å². The number of rotatable bonds is 3. The molecule has 2 aromatic carbocycles. The van der Waals surface area contributed by atoms with Crippen molar-refractivity contribution < 1.29 is 18.0 Å². The lowest BCUT2D eigenvalue weighted by Gasteiger charge is -2.07. The van der Waals surface area contributed by atoms with Crippen molar-refractivity contribution in [3.8, 4) is 6.07 Å². The average molecular weight is 351 g/mol. The quantitative estimate of drug-likeness (QED) is 0.632. The fraction of sp³-hybridized carbons (Fsp3) is 0.0588. The molecular weight excluding hydrogens is 341 g/mol. The summed E-state index contributed by atoms with van der Waals surface area (Å²) >= 11 is 5.91. The molecule has 24 heavy (non-hydrogen) atoms. The zero-order chi connectivity index (χ0) is 17.7. The summed E-state index contributed by atoms with van der Waals surface area (Å²) in [5.74, 6) is -0.703. The highest BCUT2D eigenvalue weighted by atomic mass is 35.5. The van der Waals surface area contributed by atoms with Gasteiger partial charge in [0, 0.05) is 0 Å². The first-order valence-corrected chi connectivity index (χ1v) is 7.04. The second-order valence-electron chi connectivity index (χ2n) is 4.72. The van der Waals surface area contributed by atoms with Gasteiger partial charge in [-0.1, -0.05) is 35.9 Å². The van der Waals surface area contributed by atoms with Crippen LogP contribution in [-0.2, 0) is 11.0 Å². The normalized spacial score (nSPS) is 11.7. The van der Waals surface area contributed by atoms with E-state index < -0.39 is 17.6 Å².